The number of ether oxygens (including phenoxy) is 1. The summed E-state index contributed by atoms with van der Waals surface area (Å²) >= 11 is 1.40. The summed E-state index contributed by atoms with van der Waals surface area (Å²) in [4.78, 5) is 17.7. The van der Waals surface area contributed by atoms with Crippen LogP contribution in [0.15, 0.2) is 52.4 Å². The Bertz CT molecular complexity index is 1290. The average Bonchev–Trinajstić information content (AvgIpc) is 3.09. The lowest BCUT2D eigenvalue weighted by Gasteiger charge is -2.30. The van der Waals surface area contributed by atoms with Crippen molar-refractivity contribution in [3.05, 3.63) is 52.8 Å². The number of carbonyl (C=O) groups excluding carboxylic acids is 1. The molecule has 0 aliphatic carbocycles. The van der Waals surface area contributed by atoms with Crippen LogP contribution in [0.4, 0.5) is 0 Å². The van der Waals surface area contributed by atoms with Crippen LogP contribution in [0.3, 0.4) is 0 Å². The van der Waals surface area contributed by atoms with Gasteiger partial charge in [-0.15, -0.1) is 0 Å². The maximum Gasteiger partial charge on any atom is 0.279 e. The summed E-state index contributed by atoms with van der Waals surface area (Å²) in [5.74, 6) is 0.646. The predicted octanol–water partition coefficient (Wildman–Crippen LogP) is 3.41. The lowest BCUT2D eigenvalue weighted by molar-refractivity contribution is 0.0998. The van der Waals surface area contributed by atoms with Gasteiger partial charge in [0.15, 0.2) is 4.80 Å². The summed E-state index contributed by atoms with van der Waals surface area (Å²) in [5.41, 5.74) is 1.22. The van der Waals surface area contributed by atoms with Crippen molar-refractivity contribution in [2.45, 2.75) is 24.7 Å². The number of aryl methyl sites for hydroxylation is 1. The van der Waals surface area contributed by atoms with Gasteiger partial charge in [0.05, 0.1) is 16.7 Å². The third kappa shape index (κ3) is 4.17. The van der Waals surface area contributed by atoms with Crippen molar-refractivity contribution >= 4 is 37.5 Å². The minimum atomic E-state index is -3.55. The van der Waals surface area contributed by atoms with Gasteiger partial charge in [0.1, 0.15) is 11.3 Å². The number of carbonyl (C=O) groups is 1. The molecule has 1 aliphatic heterocycles. The molecule has 1 amide bonds. The highest BCUT2D eigenvalue weighted by atomic mass is 32.2. The molecule has 0 saturated carbocycles. The van der Waals surface area contributed by atoms with Gasteiger partial charge in [-0.05, 0) is 55.2 Å². The minimum Gasteiger partial charge on any atom is -0.495 e. The zero-order valence-corrected chi connectivity index (χ0v) is 19.4. The van der Waals surface area contributed by atoms with Crippen molar-refractivity contribution in [1.29, 1.82) is 0 Å². The maximum absolute atomic E-state index is 12.9. The molecule has 1 aromatic heterocycles. The van der Waals surface area contributed by atoms with Crippen molar-refractivity contribution in [2.24, 2.45) is 18.0 Å². The zero-order chi connectivity index (χ0) is 22.2. The summed E-state index contributed by atoms with van der Waals surface area (Å²) in [6.07, 6.45) is 1.91. The Kier molecular flexibility index (Phi) is 6.00. The molecule has 0 N–H and O–H groups in total. The summed E-state index contributed by atoms with van der Waals surface area (Å²) in [6.45, 7) is 3.13. The Morgan fingerprint density at radius 2 is 1.94 bits per heavy atom. The van der Waals surface area contributed by atoms with Crippen molar-refractivity contribution in [3.8, 4) is 5.75 Å². The van der Waals surface area contributed by atoms with E-state index < -0.39 is 15.9 Å². The molecule has 0 spiro atoms. The van der Waals surface area contributed by atoms with E-state index in [4.69, 9.17) is 4.74 Å². The number of aromatic nitrogens is 1. The number of sulfonamides is 1. The van der Waals surface area contributed by atoms with E-state index in [0.717, 1.165) is 23.1 Å². The molecule has 1 unspecified atom stereocenters. The normalized spacial score (nSPS) is 18.4. The highest BCUT2D eigenvalue weighted by molar-refractivity contribution is 7.89. The highest BCUT2D eigenvalue weighted by Gasteiger charge is 2.28. The number of rotatable bonds is 4. The van der Waals surface area contributed by atoms with Gasteiger partial charge in [-0.25, -0.2) is 8.42 Å². The van der Waals surface area contributed by atoms with E-state index in [0.29, 0.717) is 35.1 Å². The first-order valence-electron chi connectivity index (χ1n) is 10.1. The fourth-order valence-corrected chi connectivity index (χ4v) is 6.51. The fraction of sp³-hybridized carbons (Fsp3) is 0.364. The SMILES string of the molecule is COc1cccc2sc(=NC(=O)c3ccc(S(=O)(=O)N4CCCC(C)C4)cc3)n(C)c12. The fourth-order valence-electron chi connectivity index (χ4n) is 3.87. The Hall–Kier alpha value is -2.49. The molecule has 1 aliphatic rings. The Morgan fingerprint density at radius 3 is 2.61 bits per heavy atom. The van der Waals surface area contributed by atoms with Crippen LogP contribution in [0.1, 0.15) is 30.1 Å². The van der Waals surface area contributed by atoms with Gasteiger partial charge in [-0.2, -0.15) is 9.30 Å². The Morgan fingerprint density at radius 1 is 1.19 bits per heavy atom. The number of piperidine rings is 1. The van der Waals surface area contributed by atoms with E-state index in [9.17, 15) is 13.2 Å². The largest absolute Gasteiger partial charge is 0.495 e. The number of amides is 1. The van der Waals surface area contributed by atoms with Crippen molar-refractivity contribution in [1.82, 2.24) is 8.87 Å². The van der Waals surface area contributed by atoms with Gasteiger partial charge in [-0.3, -0.25) is 4.79 Å². The number of hydrogen-bond donors (Lipinski definition) is 0. The van der Waals surface area contributed by atoms with Crippen LogP contribution in [-0.4, -0.2) is 43.4 Å². The molecule has 2 heterocycles. The molecular weight excluding hydrogens is 434 g/mol. The third-order valence-corrected chi connectivity index (χ3v) is 8.54. The van der Waals surface area contributed by atoms with E-state index in [1.165, 1.54) is 39.9 Å². The van der Waals surface area contributed by atoms with Crippen LogP contribution in [0.2, 0.25) is 0 Å². The van der Waals surface area contributed by atoms with Crippen LogP contribution < -0.4 is 9.54 Å². The molecule has 7 nitrogen and oxygen atoms in total. The molecule has 31 heavy (non-hydrogen) atoms. The van der Waals surface area contributed by atoms with Crippen LogP contribution >= 0.6 is 11.3 Å². The molecule has 164 valence electrons. The molecule has 1 saturated heterocycles. The molecule has 0 bridgehead atoms. The van der Waals surface area contributed by atoms with Gasteiger partial charge in [-0.1, -0.05) is 24.3 Å². The number of nitrogens with zero attached hydrogens (tertiary/aromatic N) is 3. The smallest absolute Gasteiger partial charge is 0.279 e. The van der Waals surface area contributed by atoms with Gasteiger partial charge in [0, 0.05) is 25.7 Å². The van der Waals surface area contributed by atoms with Gasteiger partial charge in [0.2, 0.25) is 10.0 Å². The number of thiazole rings is 1. The minimum absolute atomic E-state index is 0.204. The van der Waals surface area contributed by atoms with Crippen LogP contribution in [0, 0.1) is 5.92 Å². The van der Waals surface area contributed by atoms with Crippen molar-refractivity contribution in [3.63, 3.8) is 0 Å². The molecule has 3 aromatic rings. The highest BCUT2D eigenvalue weighted by Crippen LogP contribution is 2.27. The van der Waals surface area contributed by atoms with E-state index in [1.807, 2.05) is 29.8 Å². The molecule has 2 aromatic carbocycles. The van der Waals surface area contributed by atoms with Gasteiger partial charge >= 0.3 is 0 Å². The summed E-state index contributed by atoms with van der Waals surface area (Å²) in [7, 11) is -0.111. The monoisotopic (exact) mass is 459 g/mol. The van der Waals surface area contributed by atoms with Crippen molar-refractivity contribution < 1.29 is 17.9 Å². The van der Waals surface area contributed by atoms with Crippen molar-refractivity contribution in [2.75, 3.05) is 20.2 Å². The topological polar surface area (TPSA) is 81.0 Å². The number of para-hydroxylation sites is 1. The number of fused-ring (bicyclic) bond motifs is 1. The molecule has 1 fully saturated rings. The second kappa shape index (κ2) is 8.57. The Balaban J connectivity index is 1.62. The van der Waals surface area contributed by atoms with Gasteiger partial charge < -0.3 is 9.30 Å². The zero-order valence-electron chi connectivity index (χ0n) is 17.7. The van der Waals surface area contributed by atoms with Crippen LogP contribution in [0.25, 0.3) is 10.2 Å². The Labute approximate surface area is 185 Å². The summed E-state index contributed by atoms with van der Waals surface area (Å²) in [6, 6.07) is 11.7. The van der Waals surface area contributed by atoms with Gasteiger partial charge in [0.25, 0.3) is 5.91 Å². The first-order valence-corrected chi connectivity index (χ1v) is 12.4. The van der Waals surface area contributed by atoms with E-state index in [-0.39, 0.29) is 4.90 Å². The average molecular weight is 460 g/mol. The standard InChI is InChI=1S/C22H25N3O4S2/c1-15-6-5-13-25(14-15)31(27,28)17-11-9-16(10-12-17)21(26)23-22-24(2)20-18(29-3)7-4-8-19(20)30-22/h4,7-12,15H,5-6,13-14H2,1-3H3. The number of benzene rings is 2. The molecule has 1 atom stereocenters. The third-order valence-electron chi connectivity index (χ3n) is 5.56. The number of hydrogen-bond acceptors (Lipinski definition) is 5. The van der Waals surface area contributed by atoms with E-state index in [2.05, 4.69) is 11.9 Å². The number of methoxy groups -OCH3 is 1. The maximum atomic E-state index is 12.9. The lowest BCUT2D eigenvalue weighted by Crippen LogP contribution is -2.39. The second-order valence-electron chi connectivity index (χ2n) is 7.80. The summed E-state index contributed by atoms with van der Waals surface area (Å²) in [5, 5.41) is 0. The quantitative estimate of drug-likeness (QED) is 0.599. The molecule has 9 heteroatoms. The molecular formula is C22H25N3O4S2. The van der Waals surface area contributed by atoms with Crippen LogP contribution in [-0.2, 0) is 17.1 Å². The lowest BCUT2D eigenvalue weighted by atomic mass is 10.0. The van der Waals surface area contributed by atoms with E-state index in [1.54, 1.807) is 7.11 Å². The second-order valence-corrected chi connectivity index (χ2v) is 10.7. The first kappa shape index (κ1) is 21.7. The molecule has 4 rings (SSSR count). The molecule has 0 radical (unpaired) electrons. The van der Waals surface area contributed by atoms with Crippen LogP contribution in [0.5, 0.6) is 5.75 Å². The first-order chi connectivity index (χ1) is 14.8. The summed E-state index contributed by atoms with van der Waals surface area (Å²) < 4.78 is 35.6. The van der Waals surface area contributed by atoms with E-state index >= 15 is 0 Å². The predicted molar refractivity (Wildman–Crippen MR) is 121 cm³/mol.